The Balaban J connectivity index is 2.05. The normalized spacial score (nSPS) is 16.3. The summed E-state index contributed by atoms with van der Waals surface area (Å²) in [4.78, 5) is 38.0. The highest BCUT2D eigenvalue weighted by Crippen LogP contribution is 2.27. The molecule has 1 heterocycles. The molecule has 1 aliphatic rings. The maximum absolute atomic E-state index is 12.8. The molecule has 2 aromatic carbocycles. The molecule has 0 aromatic heterocycles. The van der Waals surface area contributed by atoms with Gasteiger partial charge in [0, 0.05) is 0 Å². The van der Waals surface area contributed by atoms with Crippen molar-refractivity contribution in [1.82, 2.24) is 5.32 Å². The smallest absolute Gasteiger partial charge is 0.335 e. The number of hydrogen-bond donors (Lipinski definition) is 2. The van der Waals surface area contributed by atoms with Crippen molar-refractivity contribution in [2.75, 3.05) is 4.90 Å². The zero-order valence-corrected chi connectivity index (χ0v) is 14.7. The summed E-state index contributed by atoms with van der Waals surface area (Å²) in [5.74, 6) is -1.42. The molecule has 4 amide bonds. The third-order valence-electron chi connectivity index (χ3n) is 3.74. The maximum Gasteiger partial charge on any atom is 0.335 e. The number of rotatable bonds is 2. The van der Waals surface area contributed by atoms with E-state index in [4.69, 9.17) is 0 Å². The fourth-order valence-corrected chi connectivity index (χ4v) is 2.87. The average Bonchev–Trinajstić information content (AvgIpc) is 2.56. The Morgan fingerprint density at radius 2 is 1.84 bits per heavy atom. The molecule has 1 fully saturated rings. The molecule has 0 unspecified atom stereocenters. The van der Waals surface area contributed by atoms with E-state index in [1.165, 1.54) is 12.1 Å². The van der Waals surface area contributed by atoms with E-state index in [1.54, 1.807) is 43.3 Å². The Morgan fingerprint density at radius 1 is 1.12 bits per heavy atom. The summed E-state index contributed by atoms with van der Waals surface area (Å²) in [7, 11) is 0. The van der Waals surface area contributed by atoms with Crippen molar-refractivity contribution in [2.45, 2.75) is 6.92 Å². The van der Waals surface area contributed by atoms with Crippen molar-refractivity contribution in [2.24, 2.45) is 0 Å². The molecule has 0 saturated carbocycles. The number of carbonyl (C=O) groups excluding carboxylic acids is 3. The van der Waals surface area contributed by atoms with Crippen molar-refractivity contribution in [1.29, 1.82) is 0 Å². The number of anilines is 1. The van der Waals surface area contributed by atoms with E-state index in [-0.39, 0.29) is 11.3 Å². The molecule has 0 aliphatic carbocycles. The van der Waals surface area contributed by atoms with Crippen molar-refractivity contribution in [3.8, 4) is 5.75 Å². The standard InChI is InChI=1S/C18H13BrN2O4/c1-10-4-2-3-5-14(10)21-17(24)12(16(23)20-18(21)25)8-11-6-7-15(22)13(19)9-11/h2-9,22H,1H3,(H,20,23,25). The minimum absolute atomic E-state index is 0.0401. The molecule has 7 heteroatoms. The molecule has 1 saturated heterocycles. The third-order valence-corrected chi connectivity index (χ3v) is 4.38. The quantitative estimate of drug-likeness (QED) is 0.598. The van der Waals surface area contributed by atoms with Gasteiger partial charge in [-0.1, -0.05) is 24.3 Å². The number of halogens is 1. The first-order valence-corrected chi connectivity index (χ1v) is 8.13. The first kappa shape index (κ1) is 16.9. The van der Waals surface area contributed by atoms with E-state index in [1.807, 2.05) is 0 Å². The number of imide groups is 2. The molecule has 0 bridgehead atoms. The SMILES string of the molecule is Cc1ccccc1N1C(=O)NC(=O)C(=Cc2ccc(O)c(Br)c2)C1=O. The van der Waals surface area contributed by atoms with Crippen LogP contribution in [-0.2, 0) is 9.59 Å². The van der Waals surface area contributed by atoms with Gasteiger partial charge in [-0.25, -0.2) is 9.69 Å². The van der Waals surface area contributed by atoms with Crippen molar-refractivity contribution < 1.29 is 19.5 Å². The second-order valence-corrected chi connectivity index (χ2v) is 6.31. The molecule has 6 nitrogen and oxygen atoms in total. The summed E-state index contributed by atoms with van der Waals surface area (Å²) >= 11 is 3.18. The molecular formula is C18H13BrN2O4. The van der Waals surface area contributed by atoms with Crippen LogP contribution >= 0.6 is 15.9 Å². The van der Waals surface area contributed by atoms with Gasteiger partial charge in [-0.05, 0) is 58.3 Å². The van der Waals surface area contributed by atoms with Gasteiger partial charge in [-0.3, -0.25) is 14.9 Å². The van der Waals surface area contributed by atoms with Gasteiger partial charge in [0.2, 0.25) is 0 Å². The lowest BCUT2D eigenvalue weighted by atomic mass is 10.1. The van der Waals surface area contributed by atoms with Gasteiger partial charge in [-0.2, -0.15) is 0 Å². The number of para-hydroxylation sites is 1. The molecule has 25 heavy (non-hydrogen) atoms. The van der Waals surface area contributed by atoms with Gasteiger partial charge in [-0.15, -0.1) is 0 Å². The van der Waals surface area contributed by atoms with Crippen LogP contribution in [0.4, 0.5) is 10.5 Å². The van der Waals surface area contributed by atoms with Crippen molar-refractivity contribution in [3.05, 3.63) is 63.6 Å². The lowest BCUT2D eigenvalue weighted by Crippen LogP contribution is -2.54. The van der Waals surface area contributed by atoms with Gasteiger partial charge >= 0.3 is 6.03 Å². The first-order chi connectivity index (χ1) is 11.9. The minimum Gasteiger partial charge on any atom is -0.507 e. The Labute approximate surface area is 151 Å². The molecule has 0 atom stereocenters. The lowest BCUT2D eigenvalue weighted by Gasteiger charge is -2.27. The summed E-state index contributed by atoms with van der Waals surface area (Å²) in [5.41, 5.74) is 1.50. The Morgan fingerprint density at radius 3 is 2.52 bits per heavy atom. The fourth-order valence-electron chi connectivity index (χ4n) is 2.47. The van der Waals surface area contributed by atoms with Crippen LogP contribution in [0, 0.1) is 6.92 Å². The molecule has 0 spiro atoms. The van der Waals surface area contributed by atoms with Crippen LogP contribution in [0.1, 0.15) is 11.1 Å². The second kappa shape index (κ2) is 6.52. The Bertz CT molecular complexity index is 936. The van der Waals surface area contributed by atoms with Crippen LogP contribution in [0.5, 0.6) is 5.75 Å². The number of amides is 4. The number of carbonyl (C=O) groups is 3. The van der Waals surface area contributed by atoms with Crippen LogP contribution in [0.3, 0.4) is 0 Å². The number of hydrogen-bond acceptors (Lipinski definition) is 4. The van der Waals surface area contributed by atoms with Gasteiger partial charge in [0.15, 0.2) is 0 Å². The highest BCUT2D eigenvalue weighted by atomic mass is 79.9. The topological polar surface area (TPSA) is 86.7 Å². The van der Waals surface area contributed by atoms with Gasteiger partial charge in [0.25, 0.3) is 11.8 Å². The highest BCUT2D eigenvalue weighted by molar-refractivity contribution is 9.10. The number of nitrogens with one attached hydrogen (secondary N) is 1. The van der Waals surface area contributed by atoms with E-state index in [2.05, 4.69) is 21.2 Å². The zero-order valence-electron chi connectivity index (χ0n) is 13.1. The molecule has 1 aliphatic heterocycles. The molecular weight excluding hydrogens is 388 g/mol. The van der Waals surface area contributed by atoms with E-state index < -0.39 is 17.8 Å². The first-order valence-electron chi connectivity index (χ1n) is 7.34. The largest absolute Gasteiger partial charge is 0.507 e. The Kier molecular flexibility index (Phi) is 4.41. The van der Waals surface area contributed by atoms with E-state index >= 15 is 0 Å². The molecule has 3 rings (SSSR count). The summed E-state index contributed by atoms with van der Waals surface area (Å²) in [6.45, 7) is 1.77. The molecule has 2 aromatic rings. The number of urea groups is 1. The van der Waals surface area contributed by atoms with Gasteiger partial charge in [0.05, 0.1) is 10.2 Å². The summed E-state index contributed by atoms with van der Waals surface area (Å²) in [6, 6.07) is 10.7. The number of aryl methyl sites for hydroxylation is 1. The van der Waals surface area contributed by atoms with Crippen molar-refractivity contribution in [3.63, 3.8) is 0 Å². The van der Waals surface area contributed by atoms with Crippen LogP contribution in [-0.4, -0.2) is 23.0 Å². The number of aromatic hydroxyl groups is 1. The summed E-state index contributed by atoms with van der Waals surface area (Å²) in [6.07, 6.45) is 1.37. The van der Waals surface area contributed by atoms with E-state index in [0.717, 1.165) is 10.5 Å². The number of nitrogens with zero attached hydrogens (tertiary/aromatic N) is 1. The minimum atomic E-state index is -0.784. The van der Waals surface area contributed by atoms with Gasteiger partial charge in [0.1, 0.15) is 11.3 Å². The Hall–Kier alpha value is -2.93. The van der Waals surface area contributed by atoms with Gasteiger partial charge < -0.3 is 5.11 Å². The van der Waals surface area contributed by atoms with E-state index in [0.29, 0.717) is 15.7 Å². The summed E-state index contributed by atoms with van der Waals surface area (Å²) in [5, 5.41) is 11.7. The number of phenols is 1. The van der Waals surface area contributed by atoms with Crippen LogP contribution in [0.15, 0.2) is 52.5 Å². The monoisotopic (exact) mass is 400 g/mol. The fraction of sp³-hybridized carbons (Fsp3) is 0.0556. The zero-order chi connectivity index (χ0) is 18.1. The lowest BCUT2D eigenvalue weighted by molar-refractivity contribution is -0.122. The predicted octanol–water partition coefficient (Wildman–Crippen LogP) is 3.13. The predicted molar refractivity (Wildman–Crippen MR) is 96.0 cm³/mol. The highest BCUT2D eigenvalue weighted by Gasteiger charge is 2.37. The number of benzene rings is 2. The number of phenolic OH excluding ortho intramolecular Hbond substituents is 1. The van der Waals surface area contributed by atoms with Crippen LogP contribution < -0.4 is 10.2 Å². The van der Waals surface area contributed by atoms with Crippen LogP contribution in [0.2, 0.25) is 0 Å². The average molecular weight is 401 g/mol. The summed E-state index contributed by atoms with van der Waals surface area (Å²) < 4.78 is 0.428. The molecule has 2 N–H and O–H groups in total. The van der Waals surface area contributed by atoms with Crippen LogP contribution in [0.25, 0.3) is 6.08 Å². The van der Waals surface area contributed by atoms with E-state index in [9.17, 15) is 19.5 Å². The second-order valence-electron chi connectivity index (χ2n) is 5.46. The third kappa shape index (κ3) is 3.18. The maximum atomic E-state index is 12.8. The van der Waals surface area contributed by atoms with Crippen molar-refractivity contribution >= 4 is 45.5 Å². The molecule has 0 radical (unpaired) electrons. The number of barbiturate groups is 1. The molecule has 126 valence electrons.